The minimum Gasteiger partial charge on any atom is -0.487 e. The molecular weight excluding hydrogens is 352 g/mol. The minimum absolute atomic E-state index is 0.142. The van der Waals surface area contributed by atoms with Crippen molar-refractivity contribution < 1.29 is 4.74 Å². The monoisotopic (exact) mass is 366 g/mol. The third-order valence-electron chi connectivity index (χ3n) is 3.92. The van der Waals surface area contributed by atoms with Crippen LogP contribution in [0.4, 0.5) is 0 Å². The number of aromatic nitrogens is 4. The first-order valence-electron chi connectivity index (χ1n) is 7.98. The Labute approximate surface area is 154 Å². The molecule has 0 saturated heterocycles. The Hall–Kier alpha value is -3.12. The van der Waals surface area contributed by atoms with Crippen molar-refractivity contribution in [1.29, 1.82) is 0 Å². The molecule has 1 aromatic carbocycles. The van der Waals surface area contributed by atoms with Crippen LogP contribution in [-0.2, 0) is 13.7 Å². The first-order valence-corrected chi connectivity index (χ1v) is 8.36. The van der Waals surface area contributed by atoms with Crippen molar-refractivity contribution in [1.82, 2.24) is 19.2 Å². The summed E-state index contributed by atoms with van der Waals surface area (Å²) in [6, 6.07) is 12.4. The molecule has 7 heteroatoms. The van der Waals surface area contributed by atoms with Gasteiger partial charge in [0, 0.05) is 36.1 Å². The fraction of sp³-hybridized carbons (Fsp3) is 0.105. The number of hydrogen-bond acceptors (Lipinski definition) is 4. The standard InChI is InChI=1S/C19H15ClN4O2/c1-23-11-14(10-21-23)13-6-15(20)8-17(7-13)26-12-16-9-19(25)24-5-3-2-4-18(24)22-16/h2-11H,12H2,1H3. The van der Waals surface area contributed by atoms with Crippen LogP contribution in [0, 0.1) is 0 Å². The highest BCUT2D eigenvalue weighted by molar-refractivity contribution is 6.31. The second kappa shape index (κ2) is 6.65. The number of fused-ring (bicyclic) bond motifs is 1. The van der Waals surface area contributed by atoms with Gasteiger partial charge < -0.3 is 4.74 Å². The zero-order valence-electron chi connectivity index (χ0n) is 14.0. The van der Waals surface area contributed by atoms with Gasteiger partial charge in [0.05, 0.1) is 11.9 Å². The van der Waals surface area contributed by atoms with Crippen molar-refractivity contribution >= 4 is 17.2 Å². The summed E-state index contributed by atoms with van der Waals surface area (Å²) < 4.78 is 9.04. The van der Waals surface area contributed by atoms with Crippen molar-refractivity contribution in [3.63, 3.8) is 0 Å². The van der Waals surface area contributed by atoms with E-state index in [4.69, 9.17) is 16.3 Å². The van der Waals surface area contributed by atoms with E-state index in [0.717, 1.165) is 11.1 Å². The maximum absolute atomic E-state index is 12.1. The summed E-state index contributed by atoms with van der Waals surface area (Å²) in [6.07, 6.45) is 5.36. The molecule has 130 valence electrons. The van der Waals surface area contributed by atoms with Gasteiger partial charge in [-0.1, -0.05) is 17.7 Å². The first kappa shape index (κ1) is 16.4. The van der Waals surface area contributed by atoms with E-state index in [9.17, 15) is 4.79 Å². The summed E-state index contributed by atoms with van der Waals surface area (Å²) >= 11 is 6.22. The maximum atomic E-state index is 12.1. The predicted molar refractivity (Wildman–Crippen MR) is 99.4 cm³/mol. The lowest BCUT2D eigenvalue weighted by Crippen LogP contribution is -2.16. The quantitative estimate of drug-likeness (QED) is 0.556. The van der Waals surface area contributed by atoms with Crippen LogP contribution in [0.25, 0.3) is 16.8 Å². The highest BCUT2D eigenvalue weighted by Gasteiger charge is 2.07. The molecule has 4 rings (SSSR count). The molecule has 0 aliphatic heterocycles. The third kappa shape index (κ3) is 3.32. The molecule has 0 radical (unpaired) electrons. The van der Waals surface area contributed by atoms with Crippen LogP contribution < -0.4 is 10.3 Å². The molecular formula is C19H15ClN4O2. The minimum atomic E-state index is -0.142. The van der Waals surface area contributed by atoms with Crippen molar-refractivity contribution in [3.8, 4) is 16.9 Å². The Kier molecular flexibility index (Phi) is 4.18. The number of rotatable bonds is 4. The van der Waals surface area contributed by atoms with Gasteiger partial charge in [-0.05, 0) is 35.9 Å². The normalized spacial score (nSPS) is 11.0. The fourth-order valence-electron chi connectivity index (χ4n) is 2.72. The molecule has 0 bridgehead atoms. The molecule has 0 atom stereocenters. The summed E-state index contributed by atoms with van der Waals surface area (Å²) in [4.78, 5) is 16.6. The molecule has 4 aromatic rings. The Morgan fingerprint density at radius 2 is 2.04 bits per heavy atom. The number of halogens is 1. The van der Waals surface area contributed by atoms with Crippen LogP contribution >= 0.6 is 11.6 Å². The number of pyridine rings is 1. The second-order valence-electron chi connectivity index (χ2n) is 5.88. The van der Waals surface area contributed by atoms with Gasteiger partial charge in [-0.2, -0.15) is 5.10 Å². The second-order valence-corrected chi connectivity index (χ2v) is 6.32. The lowest BCUT2D eigenvalue weighted by molar-refractivity contribution is 0.301. The molecule has 0 spiro atoms. The van der Waals surface area contributed by atoms with Crippen LogP contribution in [0.1, 0.15) is 5.69 Å². The van der Waals surface area contributed by atoms with Gasteiger partial charge in [-0.3, -0.25) is 13.9 Å². The Morgan fingerprint density at radius 3 is 2.85 bits per heavy atom. The van der Waals surface area contributed by atoms with Crippen molar-refractivity contribution in [2.75, 3.05) is 0 Å². The lowest BCUT2D eigenvalue weighted by Gasteiger charge is -2.09. The first-order chi connectivity index (χ1) is 12.6. The molecule has 6 nitrogen and oxygen atoms in total. The van der Waals surface area contributed by atoms with Crippen molar-refractivity contribution in [2.24, 2.45) is 7.05 Å². The summed E-state index contributed by atoms with van der Waals surface area (Å²) in [5, 5.41) is 4.73. The third-order valence-corrected chi connectivity index (χ3v) is 4.14. The topological polar surface area (TPSA) is 61.4 Å². The molecule has 0 amide bonds. The molecule has 3 heterocycles. The molecule has 0 saturated carbocycles. The van der Waals surface area contributed by atoms with E-state index in [1.54, 1.807) is 35.3 Å². The van der Waals surface area contributed by atoms with Gasteiger partial charge in [0.15, 0.2) is 0 Å². The highest BCUT2D eigenvalue weighted by atomic mass is 35.5. The molecule has 0 N–H and O–H groups in total. The van der Waals surface area contributed by atoms with Crippen LogP contribution in [-0.4, -0.2) is 19.2 Å². The highest BCUT2D eigenvalue weighted by Crippen LogP contribution is 2.28. The van der Waals surface area contributed by atoms with Gasteiger partial charge in [-0.25, -0.2) is 4.98 Å². The van der Waals surface area contributed by atoms with E-state index in [0.29, 0.717) is 22.1 Å². The van der Waals surface area contributed by atoms with E-state index < -0.39 is 0 Å². The van der Waals surface area contributed by atoms with E-state index in [2.05, 4.69) is 10.1 Å². The van der Waals surface area contributed by atoms with Gasteiger partial charge in [0.1, 0.15) is 18.0 Å². The van der Waals surface area contributed by atoms with E-state index in [-0.39, 0.29) is 12.2 Å². The summed E-state index contributed by atoms with van der Waals surface area (Å²) in [5.74, 6) is 0.603. The summed E-state index contributed by atoms with van der Waals surface area (Å²) in [7, 11) is 1.86. The van der Waals surface area contributed by atoms with Crippen LogP contribution in [0.3, 0.4) is 0 Å². The largest absolute Gasteiger partial charge is 0.487 e. The Morgan fingerprint density at radius 1 is 1.15 bits per heavy atom. The molecule has 3 aromatic heterocycles. The van der Waals surface area contributed by atoms with E-state index >= 15 is 0 Å². The molecule has 0 unspecified atom stereocenters. The van der Waals surface area contributed by atoms with E-state index in [1.807, 2.05) is 31.4 Å². The Balaban J connectivity index is 1.60. The van der Waals surface area contributed by atoms with Crippen molar-refractivity contribution in [2.45, 2.75) is 6.61 Å². The SMILES string of the molecule is Cn1cc(-c2cc(Cl)cc(OCc3cc(=O)n4ccccc4n3)c2)cn1. The van der Waals surface area contributed by atoms with Gasteiger partial charge in [0.2, 0.25) is 0 Å². The predicted octanol–water partition coefficient (Wildman–Crippen LogP) is 3.33. The fourth-order valence-corrected chi connectivity index (χ4v) is 2.94. The molecule has 26 heavy (non-hydrogen) atoms. The average molecular weight is 367 g/mol. The van der Waals surface area contributed by atoms with E-state index in [1.165, 1.54) is 10.5 Å². The number of nitrogens with zero attached hydrogens (tertiary/aromatic N) is 4. The molecule has 0 fully saturated rings. The van der Waals surface area contributed by atoms with Gasteiger partial charge in [-0.15, -0.1) is 0 Å². The number of hydrogen-bond donors (Lipinski definition) is 0. The molecule has 0 aliphatic rings. The number of benzene rings is 1. The molecule has 0 aliphatic carbocycles. The van der Waals surface area contributed by atoms with Crippen LogP contribution in [0.5, 0.6) is 5.75 Å². The van der Waals surface area contributed by atoms with Gasteiger partial charge in [0.25, 0.3) is 5.56 Å². The Bertz CT molecular complexity index is 1150. The zero-order valence-corrected chi connectivity index (χ0v) is 14.7. The lowest BCUT2D eigenvalue weighted by atomic mass is 10.1. The summed E-state index contributed by atoms with van der Waals surface area (Å²) in [6.45, 7) is 0.174. The van der Waals surface area contributed by atoms with Crippen LogP contribution in [0.15, 0.2) is 65.8 Å². The summed E-state index contributed by atoms with van der Waals surface area (Å²) in [5.41, 5.74) is 2.86. The number of aryl methyl sites for hydroxylation is 1. The number of ether oxygens (including phenoxy) is 1. The zero-order chi connectivity index (χ0) is 18.1. The maximum Gasteiger partial charge on any atom is 0.258 e. The van der Waals surface area contributed by atoms with Crippen molar-refractivity contribution in [3.05, 3.63) is 82.1 Å². The van der Waals surface area contributed by atoms with Crippen LogP contribution in [0.2, 0.25) is 5.02 Å². The average Bonchev–Trinajstić information content (AvgIpc) is 3.06. The van der Waals surface area contributed by atoms with Gasteiger partial charge >= 0.3 is 0 Å². The smallest absolute Gasteiger partial charge is 0.258 e.